The van der Waals surface area contributed by atoms with Crippen LogP contribution in [0.2, 0.25) is 5.15 Å². The van der Waals surface area contributed by atoms with Crippen LogP contribution in [0.5, 0.6) is 0 Å². The SMILES string of the molecule is Cc1nn(-c2ccc(F)cc2)c(Cl)c1/C=C1\NC(=S)N(c2ccccc2F)C1=O. The van der Waals surface area contributed by atoms with Crippen LogP contribution in [0, 0.1) is 18.6 Å². The number of amides is 1. The summed E-state index contributed by atoms with van der Waals surface area (Å²) < 4.78 is 28.7. The molecule has 0 radical (unpaired) electrons. The number of halogens is 3. The van der Waals surface area contributed by atoms with E-state index in [0.717, 1.165) is 4.90 Å². The fourth-order valence-electron chi connectivity index (χ4n) is 2.96. The topological polar surface area (TPSA) is 50.2 Å². The lowest BCUT2D eigenvalue weighted by atomic mass is 10.2. The van der Waals surface area contributed by atoms with Crippen molar-refractivity contribution in [1.82, 2.24) is 15.1 Å². The third-order valence-electron chi connectivity index (χ3n) is 4.38. The number of rotatable bonds is 3. The van der Waals surface area contributed by atoms with E-state index in [1.54, 1.807) is 25.1 Å². The maximum absolute atomic E-state index is 14.1. The van der Waals surface area contributed by atoms with Crippen molar-refractivity contribution in [3.63, 3.8) is 0 Å². The average molecular weight is 431 g/mol. The highest BCUT2D eigenvalue weighted by atomic mass is 35.5. The zero-order valence-electron chi connectivity index (χ0n) is 15.0. The summed E-state index contributed by atoms with van der Waals surface area (Å²) in [5, 5.41) is 7.46. The smallest absolute Gasteiger partial charge is 0.281 e. The average Bonchev–Trinajstić information content (AvgIpc) is 3.13. The Bertz CT molecular complexity index is 1170. The molecule has 1 fully saturated rings. The largest absolute Gasteiger partial charge is 0.327 e. The van der Waals surface area contributed by atoms with Gasteiger partial charge in [0.25, 0.3) is 5.91 Å². The lowest BCUT2D eigenvalue weighted by Gasteiger charge is -2.14. The molecule has 0 atom stereocenters. The summed E-state index contributed by atoms with van der Waals surface area (Å²) in [6.07, 6.45) is 1.51. The van der Waals surface area contributed by atoms with Gasteiger partial charge in [-0.05, 0) is 61.6 Å². The normalized spacial score (nSPS) is 15.3. The van der Waals surface area contributed by atoms with E-state index in [4.69, 9.17) is 23.8 Å². The number of aryl methyl sites for hydroxylation is 1. The van der Waals surface area contributed by atoms with Gasteiger partial charge >= 0.3 is 0 Å². The van der Waals surface area contributed by atoms with Crippen LogP contribution in [0.15, 0.2) is 54.2 Å². The Kier molecular flexibility index (Phi) is 4.89. The summed E-state index contributed by atoms with van der Waals surface area (Å²) >= 11 is 11.7. The van der Waals surface area contributed by atoms with E-state index in [9.17, 15) is 13.6 Å². The molecule has 0 saturated carbocycles. The standard InChI is InChI=1S/C20H13ClF2N4OS/c1-11-14(18(21)27(25-11)13-8-6-12(22)7-9-13)10-16-19(28)26(20(29)24-16)17-5-3-2-4-15(17)23/h2-10H,1H3,(H,24,29)/b16-10-. The molecule has 1 saturated heterocycles. The van der Waals surface area contributed by atoms with Crippen LogP contribution >= 0.6 is 23.8 Å². The molecule has 5 nitrogen and oxygen atoms in total. The Morgan fingerprint density at radius 1 is 1.14 bits per heavy atom. The Labute approximate surface area is 175 Å². The number of hydrogen-bond donors (Lipinski definition) is 1. The number of benzene rings is 2. The van der Waals surface area contributed by atoms with Gasteiger partial charge in [0.2, 0.25) is 0 Å². The zero-order valence-corrected chi connectivity index (χ0v) is 16.6. The Morgan fingerprint density at radius 2 is 1.83 bits per heavy atom. The third kappa shape index (κ3) is 3.41. The predicted octanol–water partition coefficient (Wildman–Crippen LogP) is 4.37. The molecule has 0 bridgehead atoms. The second-order valence-corrected chi connectivity index (χ2v) is 7.00. The summed E-state index contributed by atoms with van der Waals surface area (Å²) in [5.41, 5.74) is 1.81. The van der Waals surface area contributed by atoms with Gasteiger partial charge in [-0.25, -0.2) is 18.4 Å². The highest BCUT2D eigenvalue weighted by Crippen LogP contribution is 2.29. The summed E-state index contributed by atoms with van der Waals surface area (Å²) in [4.78, 5) is 13.9. The van der Waals surface area contributed by atoms with Gasteiger partial charge in [0, 0.05) is 5.56 Å². The van der Waals surface area contributed by atoms with Crippen LogP contribution in [0.25, 0.3) is 11.8 Å². The quantitative estimate of drug-likeness (QED) is 0.495. The maximum atomic E-state index is 14.1. The van der Waals surface area contributed by atoms with Gasteiger partial charge in [0.1, 0.15) is 22.5 Å². The van der Waals surface area contributed by atoms with Crippen LogP contribution in [0.3, 0.4) is 0 Å². The number of anilines is 1. The van der Waals surface area contributed by atoms with E-state index >= 15 is 0 Å². The molecular weight excluding hydrogens is 418 g/mol. The number of para-hydroxylation sites is 1. The fourth-order valence-corrected chi connectivity index (χ4v) is 3.58. The van der Waals surface area contributed by atoms with Crippen LogP contribution in [0.1, 0.15) is 11.3 Å². The first-order valence-corrected chi connectivity index (χ1v) is 9.28. The van der Waals surface area contributed by atoms with Gasteiger partial charge in [-0.15, -0.1) is 0 Å². The molecule has 1 amide bonds. The Balaban J connectivity index is 1.72. The van der Waals surface area contributed by atoms with Crippen molar-refractivity contribution in [2.75, 3.05) is 4.90 Å². The number of nitrogens with one attached hydrogen (secondary N) is 1. The van der Waals surface area contributed by atoms with Gasteiger partial charge in [-0.2, -0.15) is 5.10 Å². The molecule has 0 unspecified atom stereocenters. The number of aromatic nitrogens is 2. The van der Waals surface area contributed by atoms with Crippen LogP contribution < -0.4 is 10.2 Å². The molecule has 4 rings (SSSR count). The highest BCUT2D eigenvalue weighted by Gasteiger charge is 2.34. The van der Waals surface area contributed by atoms with Gasteiger partial charge < -0.3 is 5.32 Å². The molecule has 2 heterocycles. The van der Waals surface area contributed by atoms with Gasteiger partial charge in [0.15, 0.2) is 5.11 Å². The summed E-state index contributed by atoms with van der Waals surface area (Å²) in [6.45, 7) is 1.73. The molecule has 1 aromatic heterocycles. The van der Waals surface area contributed by atoms with Crippen molar-refractivity contribution < 1.29 is 13.6 Å². The molecule has 3 aromatic rings. The fraction of sp³-hybridized carbons (Fsp3) is 0.0500. The van der Waals surface area contributed by atoms with Crippen molar-refractivity contribution in [3.8, 4) is 5.69 Å². The molecular formula is C20H13ClF2N4OS. The molecule has 1 aliphatic heterocycles. The second-order valence-electron chi connectivity index (χ2n) is 6.26. The minimum absolute atomic E-state index is 0.0585. The maximum Gasteiger partial charge on any atom is 0.281 e. The molecule has 1 N–H and O–H groups in total. The highest BCUT2D eigenvalue weighted by molar-refractivity contribution is 7.80. The van der Waals surface area contributed by atoms with E-state index in [-0.39, 0.29) is 27.5 Å². The number of carbonyl (C=O) groups excluding carboxylic acids is 1. The monoisotopic (exact) mass is 430 g/mol. The number of hydrogen-bond acceptors (Lipinski definition) is 3. The molecule has 146 valence electrons. The van der Waals surface area contributed by atoms with Crippen molar-refractivity contribution in [2.24, 2.45) is 0 Å². The van der Waals surface area contributed by atoms with Crippen molar-refractivity contribution in [3.05, 3.63) is 82.3 Å². The van der Waals surface area contributed by atoms with E-state index < -0.39 is 11.7 Å². The Morgan fingerprint density at radius 3 is 2.52 bits per heavy atom. The molecule has 29 heavy (non-hydrogen) atoms. The van der Waals surface area contributed by atoms with Crippen LogP contribution in [0.4, 0.5) is 14.5 Å². The lowest BCUT2D eigenvalue weighted by Crippen LogP contribution is -2.31. The number of thiocarbonyl (C=S) groups is 1. The van der Waals surface area contributed by atoms with Crippen molar-refractivity contribution >= 4 is 46.6 Å². The summed E-state index contributed by atoms with van der Waals surface area (Å²) in [5.74, 6) is -1.45. The number of nitrogens with zero attached hydrogens (tertiary/aromatic N) is 3. The minimum atomic E-state index is -0.565. The molecule has 9 heteroatoms. The van der Waals surface area contributed by atoms with E-state index in [1.165, 1.54) is 41.1 Å². The van der Waals surface area contributed by atoms with E-state index in [0.29, 0.717) is 16.9 Å². The van der Waals surface area contributed by atoms with E-state index in [2.05, 4.69) is 10.4 Å². The first-order valence-electron chi connectivity index (χ1n) is 8.49. The van der Waals surface area contributed by atoms with Crippen LogP contribution in [-0.2, 0) is 4.79 Å². The Hall–Kier alpha value is -3.10. The first-order chi connectivity index (χ1) is 13.9. The first kappa shape index (κ1) is 19.2. The summed E-state index contributed by atoms with van der Waals surface area (Å²) in [7, 11) is 0. The molecule has 0 aliphatic carbocycles. The van der Waals surface area contributed by atoms with Crippen molar-refractivity contribution in [1.29, 1.82) is 0 Å². The molecule has 2 aromatic carbocycles. The van der Waals surface area contributed by atoms with Gasteiger partial charge in [-0.3, -0.25) is 4.79 Å². The zero-order chi connectivity index (χ0) is 20.7. The summed E-state index contributed by atoms with van der Waals surface area (Å²) in [6, 6.07) is 11.5. The molecule has 0 spiro atoms. The van der Waals surface area contributed by atoms with Crippen LogP contribution in [-0.4, -0.2) is 20.8 Å². The second kappa shape index (κ2) is 7.38. The number of carbonyl (C=O) groups is 1. The minimum Gasteiger partial charge on any atom is -0.327 e. The predicted molar refractivity (Wildman–Crippen MR) is 111 cm³/mol. The van der Waals surface area contributed by atoms with Gasteiger partial charge in [-0.1, -0.05) is 23.7 Å². The van der Waals surface area contributed by atoms with Crippen molar-refractivity contribution in [2.45, 2.75) is 6.92 Å². The van der Waals surface area contributed by atoms with Gasteiger partial charge in [0.05, 0.1) is 17.1 Å². The third-order valence-corrected chi connectivity index (χ3v) is 5.03. The lowest BCUT2D eigenvalue weighted by molar-refractivity contribution is -0.113. The molecule has 1 aliphatic rings. The van der Waals surface area contributed by atoms with E-state index in [1.807, 2.05) is 0 Å².